The van der Waals surface area contributed by atoms with Crippen LogP contribution in [-0.2, 0) is 6.61 Å². The molecular weight excluding hydrogens is 208 g/mol. The van der Waals surface area contributed by atoms with Gasteiger partial charge in [0.05, 0.1) is 0 Å². The second-order valence-electron chi connectivity index (χ2n) is 3.20. The van der Waals surface area contributed by atoms with E-state index in [0.717, 1.165) is 5.69 Å². The lowest BCUT2D eigenvalue weighted by atomic mass is 10.3. The van der Waals surface area contributed by atoms with Crippen molar-refractivity contribution in [2.24, 2.45) is 0 Å². The van der Waals surface area contributed by atoms with Crippen LogP contribution in [0.3, 0.4) is 0 Å². The van der Waals surface area contributed by atoms with Gasteiger partial charge < -0.3 is 10.5 Å². The van der Waals surface area contributed by atoms with Crippen molar-refractivity contribution < 1.29 is 4.74 Å². The maximum Gasteiger partial charge on any atom is 0.166 e. The number of anilines is 1. The number of nitrogens with zero attached hydrogens (tertiary/aromatic N) is 1. The van der Waals surface area contributed by atoms with Crippen molar-refractivity contribution in [2.45, 2.75) is 13.5 Å². The lowest BCUT2D eigenvalue weighted by molar-refractivity contribution is 0.310. The first kappa shape index (κ1) is 9.98. The minimum absolute atomic E-state index is 0.451. The average molecular weight is 220 g/mol. The summed E-state index contributed by atoms with van der Waals surface area (Å²) in [5.74, 6) is 1.10. The van der Waals surface area contributed by atoms with Crippen molar-refractivity contribution in [3.05, 3.63) is 40.2 Å². The molecule has 4 heteroatoms. The Labute approximate surface area is 92.5 Å². The van der Waals surface area contributed by atoms with Crippen LogP contribution in [0.4, 0.5) is 5.82 Å². The van der Waals surface area contributed by atoms with Crippen LogP contribution in [0.1, 0.15) is 10.6 Å². The number of thiophene rings is 1. The van der Waals surface area contributed by atoms with Crippen LogP contribution in [0, 0.1) is 6.92 Å². The third-order valence-corrected chi connectivity index (χ3v) is 2.83. The summed E-state index contributed by atoms with van der Waals surface area (Å²) in [5, 5.41) is 2.02. The van der Waals surface area contributed by atoms with Gasteiger partial charge in [0.15, 0.2) is 11.6 Å². The summed E-state index contributed by atoms with van der Waals surface area (Å²) in [6.45, 7) is 2.45. The summed E-state index contributed by atoms with van der Waals surface area (Å²) < 4.78 is 5.56. The molecule has 0 amide bonds. The molecule has 2 aromatic rings. The minimum atomic E-state index is 0.451. The van der Waals surface area contributed by atoms with Gasteiger partial charge in [-0.3, -0.25) is 0 Å². The Morgan fingerprint density at radius 1 is 1.40 bits per heavy atom. The van der Waals surface area contributed by atoms with Crippen LogP contribution in [0.15, 0.2) is 29.6 Å². The number of nitrogen functional groups attached to an aromatic ring is 1. The summed E-state index contributed by atoms with van der Waals surface area (Å²) in [4.78, 5) is 5.31. The molecule has 0 unspecified atom stereocenters. The Hall–Kier alpha value is -1.55. The second kappa shape index (κ2) is 4.31. The Balaban J connectivity index is 2.05. The Kier molecular flexibility index (Phi) is 2.87. The van der Waals surface area contributed by atoms with Crippen LogP contribution in [0.2, 0.25) is 0 Å². The van der Waals surface area contributed by atoms with Crippen molar-refractivity contribution in [3.8, 4) is 5.75 Å². The molecule has 2 aromatic heterocycles. The number of nitrogens with two attached hydrogens (primary N) is 1. The molecule has 0 spiro atoms. The van der Waals surface area contributed by atoms with E-state index >= 15 is 0 Å². The molecule has 15 heavy (non-hydrogen) atoms. The fourth-order valence-corrected chi connectivity index (χ4v) is 1.85. The lowest BCUT2D eigenvalue weighted by Crippen LogP contribution is -2.00. The first-order chi connectivity index (χ1) is 7.25. The van der Waals surface area contributed by atoms with Crippen LogP contribution in [0.5, 0.6) is 5.75 Å². The van der Waals surface area contributed by atoms with Crippen molar-refractivity contribution in [3.63, 3.8) is 0 Å². The van der Waals surface area contributed by atoms with Gasteiger partial charge in [-0.05, 0) is 30.5 Å². The van der Waals surface area contributed by atoms with Gasteiger partial charge in [-0.1, -0.05) is 6.07 Å². The van der Waals surface area contributed by atoms with Gasteiger partial charge in [0.25, 0.3) is 0 Å². The van der Waals surface area contributed by atoms with Crippen molar-refractivity contribution in [2.75, 3.05) is 5.73 Å². The molecule has 78 valence electrons. The standard InChI is InChI=1S/C11H12N2OS/c1-8-4-5-10(11(12)13-8)14-7-9-3-2-6-15-9/h2-6H,7H2,1H3,(H2,12,13). The average Bonchev–Trinajstić information content (AvgIpc) is 2.69. The molecule has 0 aliphatic heterocycles. The molecule has 0 saturated heterocycles. The summed E-state index contributed by atoms with van der Waals surface area (Å²) in [7, 11) is 0. The van der Waals surface area contributed by atoms with E-state index in [1.807, 2.05) is 36.6 Å². The maximum atomic E-state index is 5.73. The highest BCUT2D eigenvalue weighted by Crippen LogP contribution is 2.21. The van der Waals surface area contributed by atoms with Gasteiger partial charge in [-0.15, -0.1) is 11.3 Å². The predicted octanol–water partition coefficient (Wildman–Crippen LogP) is 2.61. The molecule has 3 nitrogen and oxygen atoms in total. The molecule has 0 aliphatic rings. The third-order valence-electron chi connectivity index (χ3n) is 1.98. The highest BCUT2D eigenvalue weighted by molar-refractivity contribution is 7.09. The van der Waals surface area contributed by atoms with Crippen molar-refractivity contribution in [1.29, 1.82) is 0 Å². The molecule has 0 bridgehead atoms. The van der Waals surface area contributed by atoms with Crippen LogP contribution in [-0.4, -0.2) is 4.98 Å². The van der Waals surface area contributed by atoms with Crippen LogP contribution >= 0.6 is 11.3 Å². The lowest BCUT2D eigenvalue weighted by Gasteiger charge is -2.07. The predicted molar refractivity (Wildman–Crippen MR) is 62.0 cm³/mol. The highest BCUT2D eigenvalue weighted by atomic mass is 32.1. The van der Waals surface area contributed by atoms with Gasteiger partial charge in [-0.25, -0.2) is 4.98 Å². The summed E-state index contributed by atoms with van der Waals surface area (Å²) >= 11 is 1.66. The first-order valence-electron chi connectivity index (χ1n) is 4.64. The van der Waals surface area contributed by atoms with E-state index in [1.165, 1.54) is 4.88 Å². The molecule has 2 heterocycles. The van der Waals surface area contributed by atoms with E-state index in [2.05, 4.69) is 4.98 Å². The van der Waals surface area contributed by atoms with Crippen molar-refractivity contribution in [1.82, 2.24) is 4.98 Å². The quantitative estimate of drug-likeness (QED) is 0.865. The zero-order chi connectivity index (χ0) is 10.7. The molecule has 0 fully saturated rings. The van der Waals surface area contributed by atoms with Gasteiger partial charge in [0, 0.05) is 10.6 Å². The topological polar surface area (TPSA) is 48.1 Å². The molecule has 2 N–H and O–H groups in total. The number of rotatable bonds is 3. The van der Waals surface area contributed by atoms with Gasteiger partial charge in [-0.2, -0.15) is 0 Å². The monoisotopic (exact) mass is 220 g/mol. The van der Waals surface area contributed by atoms with E-state index in [-0.39, 0.29) is 0 Å². The number of aryl methyl sites for hydroxylation is 1. The molecular formula is C11H12N2OS. The Bertz CT molecular complexity index is 440. The second-order valence-corrected chi connectivity index (χ2v) is 4.24. The number of hydrogen-bond donors (Lipinski definition) is 1. The smallest absolute Gasteiger partial charge is 0.166 e. The number of ether oxygens (including phenoxy) is 1. The maximum absolute atomic E-state index is 5.73. The Morgan fingerprint density at radius 2 is 2.27 bits per heavy atom. The fourth-order valence-electron chi connectivity index (χ4n) is 1.23. The molecule has 0 aliphatic carbocycles. The zero-order valence-electron chi connectivity index (χ0n) is 8.43. The normalized spacial score (nSPS) is 10.2. The molecule has 0 radical (unpaired) electrons. The van der Waals surface area contributed by atoms with Gasteiger partial charge in [0.1, 0.15) is 6.61 Å². The van der Waals surface area contributed by atoms with Gasteiger partial charge in [0.2, 0.25) is 0 Å². The third kappa shape index (κ3) is 2.47. The number of hydrogen-bond acceptors (Lipinski definition) is 4. The highest BCUT2D eigenvalue weighted by Gasteiger charge is 2.02. The zero-order valence-corrected chi connectivity index (χ0v) is 9.25. The van der Waals surface area contributed by atoms with Gasteiger partial charge >= 0.3 is 0 Å². The molecule has 0 atom stereocenters. The first-order valence-corrected chi connectivity index (χ1v) is 5.52. The van der Waals surface area contributed by atoms with E-state index in [9.17, 15) is 0 Å². The minimum Gasteiger partial charge on any atom is -0.484 e. The van der Waals surface area contributed by atoms with E-state index in [1.54, 1.807) is 11.3 Å². The summed E-state index contributed by atoms with van der Waals surface area (Å²) in [5.41, 5.74) is 6.63. The van der Waals surface area contributed by atoms with Crippen LogP contribution in [0.25, 0.3) is 0 Å². The van der Waals surface area contributed by atoms with E-state index in [0.29, 0.717) is 18.2 Å². The SMILES string of the molecule is Cc1ccc(OCc2cccs2)c(N)n1. The summed E-state index contributed by atoms with van der Waals surface area (Å²) in [6.07, 6.45) is 0. The number of aromatic nitrogens is 1. The van der Waals surface area contributed by atoms with Crippen molar-refractivity contribution >= 4 is 17.2 Å². The largest absolute Gasteiger partial charge is 0.484 e. The summed E-state index contributed by atoms with van der Waals surface area (Å²) in [6, 6.07) is 7.77. The molecule has 2 rings (SSSR count). The molecule has 0 saturated carbocycles. The molecule has 0 aromatic carbocycles. The number of pyridine rings is 1. The Morgan fingerprint density at radius 3 is 2.93 bits per heavy atom. The van der Waals surface area contributed by atoms with E-state index in [4.69, 9.17) is 10.5 Å². The van der Waals surface area contributed by atoms with E-state index < -0.39 is 0 Å². The fraction of sp³-hybridized carbons (Fsp3) is 0.182. The van der Waals surface area contributed by atoms with Crippen LogP contribution < -0.4 is 10.5 Å².